The Morgan fingerprint density at radius 3 is 2.62 bits per heavy atom. The Bertz CT molecular complexity index is 549. The van der Waals surface area contributed by atoms with E-state index in [9.17, 15) is 5.11 Å². The van der Waals surface area contributed by atoms with E-state index in [1.165, 1.54) is 6.20 Å². The second-order valence-electron chi connectivity index (χ2n) is 3.63. The summed E-state index contributed by atoms with van der Waals surface area (Å²) in [7, 11) is 0. The summed E-state index contributed by atoms with van der Waals surface area (Å²) in [5.74, 6) is 0.350. The minimum Gasteiger partial charge on any atom is -0.506 e. The maximum Gasteiger partial charge on any atom is 0.230 e. The first-order valence-corrected chi connectivity index (χ1v) is 5.51. The lowest BCUT2D eigenvalue weighted by molar-refractivity contribution is 0.436. The quantitative estimate of drug-likeness (QED) is 0.843. The van der Waals surface area contributed by atoms with Crippen molar-refractivity contribution in [3.05, 3.63) is 27.9 Å². The summed E-state index contributed by atoms with van der Waals surface area (Å²) in [5.41, 5.74) is 8.89. The summed E-state index contributed by atoms with van der Waals surface area (Å²) in [6.45, 7) is 3.90. The van der Waals surface area contributed by atoms with Gasteiger partial charge in [-0.15, -0.1) is 0 Å². The summed E-state index contributed by atoms with van der Waals surface area (Å²) in [4.78, 5) is 0. The van der Waals surface area contributed by atoms with Gasteiger partial charge in [-0.1, -0.05) is 5.16 Å². The third-order valence-corrected chi connectivity index (χ3v) is 3.60. The molecule has 0 aliphatic rings. The predicted molar refractivity (Wildman–Crippen MR) is 65.2 cm³/mol. The summed E-state index contributed by atoms with van der Waals surface area (Å²) in [5, 5.41) is 13.6. The van der Waals surface area contributed by atoms with E-state index in [1.807, 2.05) is 19.9 Å². The number of aromatic hydroxyl groups is 1. The minimum atomic E-state index is 0.151. The van der Waals surface area contributed by atoms with E-state index in [1.54, 1.807) is 0 Å². The van der Waals surface area contributed by atoms with Crippen LogP contribution >= 0.6 is 15.9 Å². The average Bonchev–Trinajstić information content (AvgIpc) is 2.67. The fraction of sp³-hybridized carbons (Fsp3) is 0.182. The number of hydrogen-bond donors (Lipinski definition) is 2. The van der Waals surface area contributed by atoms with Crippen LogP contribution in [0.5, 0.6) is 5.75 Å². The lowest BCUT2D eigenvalue weighted by atomic mass is 10.0. The van der Waals surface area contributed by atoms with Gasteiger partial charge in [-0.05, 0) is 47.0 Å². The van der Waals surface area contributed by atoms with Gasteiger partial charge in [0.05, 0.1) is 16.2 Å². The molecule has 2 aromatic rings. The van der Waals surface area contributed by atoms with Crippen molar-refractivity contribution in [2.75, 3.05) is 5.73 Å². The number of nitrogen functional groups attached to an aromatic ring is 1. The van der Waals surface area contributed by atoms with Crippen molar-refractivity contribution in [1.82, 2.24) is 5.16 Å². The van der Waals surface area contributed by atoms with Crippen LogP contribution in [-0.4, -0.2) is 10.3 Å². The van der Waals surface area contributed by atoms with E-state index in [2.05, 4.69) is 21.1 Å². The number of rotatable bonds is 1. The maximum atomic E-state index is 10.0. The van der Waals surface area contributed by atoms with Crippen LogP contribution in [0.4, 0.5) is 5.88 Å². The fourth-order valence-electron chi connectivity index (χ4n) is 1.52. The number of anilines is 1. The molecular weight excluding hydrogens is 272 g/mol. The van der Waals surface area contributed by atoms with Crippen LogP contribution in [0.3, 0.4) is 0 Å². The molecule has 0 saturated heterocycles. The molecule has 0 aliphatic carbocycles. The molecule has 0 unspecified atom stereocenters. The highest BCUT2D eigenvalue weighted by molar-refractivity contribution is 9.10. The van der Waals surface area contributed by atoms with Gasteiger partial charge in [0, 0.05) is 5.56 Å². The maximum absolute atomic E-state index is 10.0. The van der Waals surface area contributed by atoms with Crippen LogP contribution in [0.2, 0.25) is 0 Å². The predicted octanol–water partition coefficient (Wildman–Crippen LogP) is 3.01. The number of phenols is 1. The van der Waals surface area contributed by atoms with Crippen LogP contribution in [-0.2, 0) is 0 Å². The van der Waals surface area contributed by atoms with Crippen LogP contribution < -0.4 is 5.73 Å². The van der Waals surface area contributed by atoms with Crippen molar-refractivity contribution in [2.24, 2.45) is 0 Å². The van der Waals surface area contributed by atoms with Crippen LogP contribution in [0.1, 0.15) is 11.1 Å². The molecule has 0 radical (unpaired) electrons. The number of halogens is 1. The monoisotopic (exact) mass is 282 g/mol. The average molecular weight is 283 g/mol. The smallest absolute Gasteiger partial charge is 0.230 e. The summed E-state index contributed by atoms with van der Waals surface area (Å²) in [6, 6.07) is 1.86. The molecule has 0 spiro atoms. The zero-order valence-corrected chi connectivity index (χ0v) is 10.5. The molecule has 1 aromatic carbocycles. The molecule has 16 heavy (non-hydrogen) atoms. The highest BCUT2D eigenvalue weighted by Crippen LogP contribution is 2.40. The summed E-state index contributed by atoms with van der Waals surface area (Å²) in [6.07, 6.45) is 1.49. The lowest BCUT2D eigenvalue weighted by Gasteiger charge is -2.10. The minimum absolute atomic E-state index is 0.151. The van der Waals surface area contributed by atoms with Gasteiger partial charge in [0.2, 0.25) is 5.88 Å². The second-order valence-corrected chi connectivity index (χ2v) is 4.43. The molecular formula is C11H11BrN2O2. The van der Waals surface area contributed by atoms with E-state index in [-0.39, 0.29) is 11.6 Å². The van der Waals surface area contributed by atoms with E-state index in [0.29, 0.717) is 15.6 Å². The Kier molecular flexibility index (Phi) is 2.63. The van der Waals surface area contributed by atoms with E-state index >= 15 is 0 Å². The number of benzene rings is 1. The van der Waals surface area contributed by atoms with Crippen molar-refractivity contribution in [2.45, 2.75) is 13.8 Å². The Balaban J connectivity index is 2.72. The van der Waals surface area contributed by atoms with Crippen LogP contribution in [0.25, 0.3) is 11.1 Å². The first-order valence-electron chi connectivity index (χ1n) is 4.71. The number of nitrogens with zero attached hydrogens (tertiary/aromatic N) is 1. The van der Waals surface area contributed by atoms with Gasteiger partial charge in [0.1, 0.15) is 5.75 Å². The van der Waals surface area contributed by atoms with Crippen LogP contribution in [0, 0.1) is 13.8 Å². The van der Waals surface area contributed by atoms with Gasteiger partial charge in [-0.2, -0.15) is 0 Å². The summed E-state index contributed by atoms with van der Waals surface area (Å²) >= 11 is 3.35. The van der Waals surface area contributed by atoms with E-state index in [0.717, 1.165) is 11.1 Å². The van der Waals surface area contributed by atoms with Crippen molar-refractivity contribution in [3.8, 4) is 16.9 Å². The molecule has 0 atom stereocenters. The summed E-state index contributed by atoms with van der Waals surface area (Å²) < 4.78 is 5.45. The molecule has 1 heterocycles. The zero-order chi connectivity index (χ0) is 11.9. The van der Waals surface area contributed by atoms with Crippen molar-refractivity contribution >= 4 is 21.8 Å². The highest BCUT2D eigenvalue weighted by Gasteiger charge is 2.16. The largest absolute Gasteiger partial charge is 0.506 e. The molecule has 0 aliphatic heterocycles. The topological polar surface area (TPSA) is 72.3 Å². The van der Waals surface area contributed by atoms with Crippen molar-refractivity contribution in [1.29, 1.82) is 0 Å². The van der Waals surface area contributed by atoms with Crippen molar-refractivity contribution in [3.63, 3.8) is 0 Å². The first kappa shape index (κ1) is 11.0. The first-order chi connectivity index (χ1) is 7.52. The zero-order valence-electron chi connectivity index (χ0n) is 8.91. The SMILES string of the molecule is Cc1cc(-c2cnoc2N)c(O)c(Br)c1C. The van der Waals surface area contributed by atoms with Gasteiger partial charge in [-0.3, -0.25) is 0 Å². The Morgan fingerprint density at radius 2 is 2.06 bits per heavy atom. The molecule has 1 aromatic heterocycles. The third kappa shape index (κ3) is 1.57. The molecule has 4 nitrogen and oxygen atoms in total. The Labute approximate surface area is 101 Å². The molecule has 2 rings (SSSR count). The molecule has 84 valence electrons. The van der Waals surface area contributed by atoms with Gasteiger partial charge in [0.25, 0.3) is 0 Å². The van der Waals surface area contributed by atoms with E-state index < -0.39 is 0 Å². The van der Waals surface area contributed by atoms with Gasteiger partial charge >= 0.3 is 0 Å². The molecule has 0 fully saturated rings. The van der Waals surface area contributed by atoms with Crippen molar-refractivity contribution < 1.29 is 9.63 Å². The second kappa shape index (κ2) is 3.83. The number of hydrogen-bond acceptors (Lipinski definition) is 4. The van der Waals surface area contributed by atoms with Gasteiger partial charge in [-0.25, -0.2) is 0 Å². The normalized spacial score (nSPS) is 10.7. The lowest BCUT2D eigenvalue weighted by Crippen LogP contribution is -1.90. The van der Waals surface area contributed by atoms with Crippen LogP contribution in [0.15, 0.2) is 21.3 Å². The van der Waals surface area contributed by atoms with E-state index in [4.69, 9.17) is 10.3 Å². The molecule has 0 amide bonds. The Morgan fingerprint density at radius 1 is 1.38 bits per heavy atom. The number of nitrogens with two attached hydrogens (primary N) is 1. The third-order valence-electron chi connectivity index (χ3n) is 2.63. The standard InChI is InChI=1S/C11H11BrN2O2/c1-5-3-7(8-4-14-16-11(8)13)10(15)9(12)6(5)2/h3-4,15H,13H2,1-2H3. The van der Waals surface area contributed by atoms with Gasteiger partial charge < -0.3 is 15.4 Å². The Hall–Kier alpha value is -1.49. The molecule has 0 saturated carbocycles. The van der Waals surface area contributed by atoms with Gasteiger partial charge in [0.15, 0.2) is 0 Å². The fourth-order valence-corrected chi connectivity index (χ4v) is 2.04. The number of aromatic nitrogens is 1. The molecule has 0 bridgehead atoms. The molecule has 5 heteroatoms. The number of phenolic OH excluding ortho intramolecular Hbond substituents is 1. The number of aryl methyl sites for hydroxylation is 1. The molecule has 3 N–H and O–H groups in total. The highest BCUT2D eigenvalue weighted by atomic mass is 79.9.